The minimum atomic E-state index is -0.249. The van der Waals surface area contributed by atoms with E-state index >= 15 is 0 Å². The van der Waals surface area contributed by atoms with Crippen LogP contribution in [-0.4, -0.2) is 61.8 Å². The van der Waals surface area contributed by atoms with Gasteiger partial charge < -0.3 is 20.5 Å². The molecular weight excluding hydrogens is 495 g/mol. The summed E-state index contributed by atoms with van der Waals surface area (Å²) in [5.41, 5.74) is 3.76. The van der Waals surface area contributed by atoms with E-state index in [-0.39, 0.29) is 11.7 Å². The lowest BCUT2D eigenvalue weighted by atomic mass is 10.0. The first-order valence-corrected chi connectivity index (χ1v) is 13.1. The Hall–Kier alpha value is -4.31. The highest BCUT2D eigenvalue weighted by atomic mass is 19.1. The molecule has 5 rings (SSSR count). The van der Waals surface area contributed by atoms with Crippen molar-refractivity contribution in [2.75, 3.05) is 30.8 Å². The van der Waals surface area contributed by atoms with Crippen molar-refractivity contribution in [3.8, 4) is 0 Å². The van der Waals surface area contributed by atoms with Gasteiger partial charge in [0.2, 0.25) is 5.95 Å². The normalized spacial score (nSPS) is 14.0. The average molecular weight is 529 g/mol. The second kappa shape index (κ2) is 11.6. The van der Waals surface area contributed by atoms with E-state index in [0.717, 1.165) is 55.4 Å². The predicted molar refractivity (Wildman–Crippen MR) is 150 cm³/mol. The van der Waals surface area contributed by atoms with Gasteiger partial charge in [-0.25, -0.2) is 14.4 Å². The Morgan fingerprint density at radius 2 is 1.79 bits per heavy atom. The third-order valence-corrected chi connectivity index (χ3v) is 7.02. The minimum absolute atomic E-state index is 0.0441. The fraction of sp³-hybridized carbons (Fsp3) is 0.310. The number of hydrogen-bond acceptors (Lipinski definition) is 7. The Kier molecular flexibility index (Phi) is 7.83. The van der Waals surface area contributed by atoms with Crippen molar-refractivity contribution in [1.82, 2.24) is 29.7 Å². The van der Waals surface area contributed by atoms with E-state index in [9.17, 15) is 9.18 Å². The van der Waals surface area contributed by atoms with Gasteiger partial charge in [-0.15, -0.1) is 0 Å². The van der Waals surface area contributed by atoms with Gasteiger partial charge >= 0.3 is 0 Å². The first kappa shape index (κ1) is 26.3. The van der Waals surface area contributed by atoms with Gasteiger partial charge in [0.25, 0.3) is 5.91 Å². The molecule has 0 radical (unpaired) electrons. The highest BCUT2D eigenvalue weighted by Crippen LogP contribution is 2.22. The number of rotatable bonds is 8. The van der Waals surface area contributed by atoms with E-state index < -0.39 is 0 Å². The summed E-state index contributed by atoms with van der Waals surface area (Å²) in [7, 11) is 2.12. The summed E-state index contributed by atoms with van der Waals surface area (Å²) in [5, 5.41) is 6.34. The maximum absolute atomic E-state index is 13.5. The minimum Gasteiger partial charge on any atom is -0.348 e. The number of aryl methyl sites for hydroxylation is 2. The van der Waals surface area contributed by atoms with Gasteiger partial charge in [-0.2, -0.15) is 4.98 Å². The number of H-pyrrole nitrogens is 1. The maximum atomic E-state index is 13.5. The highest BCUT2D eigenvalue weighted by molar-refractivity contribution is 5.94. The number of piperidine rings is 1. The number of aromatic nitrogens is 4. The molecule has 0 bridgehead atoms. The molecule has 1 amide bonds. The quantitative estimate of drug-likeness (QED) is 0.290. The van der Waals surface area contributed by atoms with Crippen LogP contribution in [0.15, 0.2) is 60.9 Å². The number of imidazole rings is 1. The average Bonchev–Trinajstić information content (AvgIpc) is 3.35. The van der Waals surface area contributed by atoms with Gasteiger partial charge in [0.15, 0.2) is 0 Å². The molecule has 0 saturated carbocycles. The number of hydrogen-bond donors (Lipinski definition) is 3. The molecule has 3 N–H and O–H groups in total. The number of aromatic amines is 1. The first-order valence-electron chi connectivity index (χ1n) is 13.1. The molecule has 0 unspecified atom stereocenters. The third kappa shape index (κ3) is 6.58. The fourth-order valence-electron chi connectivity index (χ4n) is 4.81. The molecular formula is C29H33FN8O. The zero-order chi connectivity index (χ0) is 27.4. The van der Waals surface area contributed by atoms with Crippen LogP contribution in [0.2, 0.25) is 0 Å². The van der Waals surface area contributed by atoms with E-state index in [1.807, 2.05) is 42.3 Å². The summed E-state index contributed by atoms with van der Waals surface area (Å²) < 4.78 is 13.5. The highest BCUT2D eigenvalue weighted by Gasteiger charge is 2.26. The van der Waals surface area contributed by atoms with Crippen LogP contribution in [0.25, 0.3) is 0 Å². The number of carbonyl (C=O) groups is 1. The second-order valence-electron chi connectivity index (χ2n) is 9.97. The van der Waals surface area contributed by atoms with Gasteiger partial charge in [-0.1, -0.05) is 0 Å². The molecule has 1 saturated heterocycles. The summed E-state index contributed by atoms with van der Waals surface area (Å²) in [6, 6.07) is 14.3. The fourth-order valence-corrected chi connectivity index (χ4v) is 4.81. The zero-order valence-corrected chi connectivity index (χ0v) is 22.4. The standard InChI is InChI=1S/C29H33FN8O/c1-19-16-23(8-9-26(19)30)34-27-10-13-31-29(36-27)35-22-6-4-21(5-7-22)28(39)38-14-11-25(12-15-38)37(3)18-24-17-32-20(2)33-24/h4-10,13,16-17,25H,11-12,14-15,18H2,1-3H3,(H,32,33)(H2,31,34,35,36). The molecule has 2 aromatic heterocycles. The van der Waals surface area contributed by atoms with Gasteiger partial charge in [0.05, 0.1) is 5.69 Å². The van der Waals surface area contributed by atoms with E-state index in [1.54, 1.807) is 31.3 Å². The van der Waals surface area contributed by atoms with Crippen LogP contribution in [0.4, 0.5) is 27.5 Å². The molecule has 0 atom stereocenters. The third-order valence-electron chi connectivity index (χ3n) is 7.02. The molecule has 9 nitrogen and oxygen atoms in total. The van der Waals surface area contributed by atoms with Crippen molar-refractivity contribution in [3.05, 3.63) is 89.4 Å². The van der Waals surface area contributed by atoms with Gasteiger partial charge in [-0.05, 0) is 87.8 Å². The number of halogens is 1. The summed E-state index contributed by atoms with van der Waals surface area (Å²) in [6.07, 6.45) is 5.47. The molecule has 1 aliphatic heterocycles. The number of nitrogens with zero attached hydrogens (tertiary/aromatic N) is 5. The van der Waals surface area contributed by atoms with Crippen LogP contribution in [-0.2, 0) is 6.54 Å². The number of carbonyl (C=O) groups excluding carboxylic acids is 1. The number of benzene rings is 2. The van der Waals surface area contributed by atoms with Gasteiger partial charge in [0.1, 0.15) is 17.5 Å². The summed E-state index contributed by atoms with van der Waals surface area (Å²) in [5.74, 6) is 1.71. The van der Waals surface area contributed by atoms with Crippen LogP contribution < -0.4 is 10.6 Å². The molecule has 3 heterocycles. The van der Waals surface area contributed by atoms with Gasteiger partial charge in [0, 0.05) is 55.0 Å². The Labute approximate surface area is 227 Å². The summed E-state index contributed by atoms with van der Waals surface area (Å²) in [4.78, 5) is 33.8. The predicted octanol–water partition coefficient (Wildman–Crippen LogP) is 5.18. The largest absolute Gasteiger partial charge is 0.348 e. The van der Waals surface area contributed by atoms with Crippen LogP contribution in [0.1, 0.15) is 40.3 Å². The Morgan fingerprint density at radius 3 is 2.49 bits per heavy atom. The molecule has 10 heteroatoms. The molecule has 4 aromatic rings. The lowest BCUT2D eigenvalue weighted by molar-refractivity contribution is 0.0638. The number of anilines is 4. The summed E-state index contributed by atoms with van der Waals surface area (Å²) in [6.45, 7) is 5.93. The monoisotopic (exact) mass is 528 g/mol. The van der Waals surface area contributed by atoms with Crippen molar-refractivity contribution in [2.45, 2.75) is 39.3 Å². The SMILES string of the molecule is Cc1nc(CN(C)C2CCN(C(=O)c3ccc(Nc4nccc(Nc5ccc(F)c(C)c5)n4)cc3)CC2)c[nH]1. The van der Waals surface area contributed by atoms with E-state index in [0.29, 0.717) is 28.9 Å². The Bertz CT molecular complexity index is 1430. The molecule has 39 heavy (non-hydrogen) atoms. The van der Waals surface area contributed by atoms with E-state index in [4.69, 9.17) is 0 Å². The lowest BCUT2D eigenvalue weighted by Crippen LogP contribution is -2.45. The Balaban J connectivity index is 1.14. The van der Waals surface area contributed by atoms with Crippen LogP contribution in [0.5, 0.6) is 0 Å². The summed E-state index contributed by atoms with van der Waals surface area (Å²) >= 11 is 0. The molecule has 0 spiro atoms. The molecule has 0 aliphatic carbocycles. The number of amides is 1. The van der Waals surface area contributed by atoms with Gasteiger partial charge in [-0.3, -0.25) is 9.69 Å². The topological polar surface area (TPSA) is 102 Å². The molecule has 202 valence electrons. The molecule has 1 fully saturated rings. The van der Waals surface area contributed by atoms with Crippen LogP contribution in [0.3, 0.4) is 0 Å². The lowest BCUT2D eigenvalue weighted by Gasteiger charge is -2.36. The molecule has 2 aromatic carbocycles. The van der Waals surface area contributed by atoms with Crippen molar-refractivity contribution in [1.29, 1.82) is 0 Å². The van der Waals surface area contributed by atoms with Crippen LogP contribution >= 0.6 is 0 Å². The number of likely N-dealkylation sites (tertiary alicyclic amines) is 1. The zero-order valence-electron chi connectivity index (χ0n) is 22.4. The van der Waals surface area contributed by atoms with E-state index in [1.165, 1.54) is 6.07 Å². The Morgan fingerprint density at radius 1 is 1.05 bits per heavy atom. The van der Waals surface area contributed by atoms with Crippen molar-refractivity contribution < 1.29 is 9.18 Å². The smallest absolute Gasteiger partial charge is 0.253 e. The second-order valence-corrected chi connectivity index (χ2v) is 9.97. The van der Waals surface area contributed by atoms with Crippen molar-refractivity contribution in [3.63, 3.8) is 0 Å². The maximum Gasteiger partial charge on any atom is 0.253 e. The first-order chi connectivity index (χ1) is 18.8. The van der Waals surface area contributed by atoms with E-state index in [2.05, 4.69) is 42.5 Å². The van der Waals surface area contributed by atoms with Crippen LogP contribution in [0, 0.1) is 19.7 Å². The van der Waals surface area contributed by atoms with Crippen molar-refractivity contribution in [2.24, 2.45) is 0 Å². The van der Waals surface area contributed by atoms with Crippen molar-refractivity contribution >= 4 is 29.0 Å². The number of nitrogens with one attached hydrogen (secondary N) is 3. The molecule has 1 aliphatic rings.